The lowest BCUT2D eigenvalue weighted by molar-refractivity contribution is -0.145. The molecule has 3 saturated heterocycles. The summed E-state index contributed by atoms with van der Waals surface area (Å²) in [6.07, 6.45) is 1.01. The Morgan fingerprint density at radius 2 is 1.60 bits per heavy atom. The summed E-state index contributed by atoms with van der Waals surface area (Å²) < 4.78 is 11.2. The minimum absolute atomic E-state index is 0.0122. The molecule has 3 heterocycles. The Bertz CT molecular complexity index is 1210. The molecule has 1 amide bonds. The highest BCUT2D eigenvalue weighted by molar-refractivity contribution is 5.80. The number of fused-ring (bicyclic) bond motifs is 3. The fourth-order valence-corrected chi connectivity index (χ4v) is 7.05. The van der Waals surface area contributed by atoms with Crippen molar-refractivity contribution < 1.29 is 14.3 Å². The zero-order valence-electron chi connectivity index (χ0n) is 24.3. The van der Waals surface area contributed by atoms with Gasteiger partial charge in [0, 0.05) is 49.7 Å². The molecule has 6 nitrogen and oxygen atoms in total. The number of nitrogens with one attached hydrogen (secondary N) is 1. The van der Waals surface area contributed by atoms with E-state index in [0.717, 1.165) is 49.7 Å². The summed E-state index contributed by atoms with van der Waals surface area (Å²) >= 11 is 0. The van der Waals surface area contributed by atoms with Crippen LogP contribution in [0.3, 0.4) is 0 Å². The second-order valence-corrected chi connectivity index (χ2v) is 10.9. The maximum Gasteiger partial charge on any atom is 0.227 e. The van der Waals surface area contributed by atoms with E-state index in [2.05, 4.69) is 84.7 Å². The molecule has 5 atom stereocenters. The van der Waals surface area contributed by atoms with Gasteiger partial charge in [-0.3, -0.25) is 9.69 Å². The third kappa shape index (κ3) is 5.61. The Kier molecular flexibility index (Phi) is 9.08. The molecule has 0 aliphatic carbocycles. The summed E-state index contributed by atoms with van der Waals surface area (Å²) in [5.74, 6) is 2.35. The first-order valence-electron chi connectivity index (χ1n) is 14.7. The van der Waals surface area contributed by atoms with E-state index in [4.69, 9.17) is 9.47 Å². The number of nitrogens with zero attached hydrogens (tertiary/aromatic N) is 2. The van der Waals surface area contributed by atoms with Crippen LogP contribution in [0, 0.1) is 11.8 Å². The minimum atomic E-state index is -0.0122. The number of benzene rings is 3. The normalized spacial score (nSPS) is 23.7. The molecular weight excluding hydrogens is 498 g/mol. The number of hydrogen-bond acceptors (Lipinski definition) is 5. The molecule has 6 heteroatoms. The monoisotopic (exact) mass is 541 g/mol. The minimum Gasteiger partial charge on any atom is -0.497 e. The molecule has 3 aromatic rings. The van der Waals surface area contributed by atoms with Gasteiger partial charge >= 0.3 is 0 Å². The van der Waals surface area contributed by atoms with Crippen LogP contribution < -0.4 is 14.8 Å². The average molecular weight is 542 g/mol. The molecule has 0 radical (unpaired) electrons. The molecule has 3 aromatic carbocycles. The van der Waals surface area contributed by atoms with E-state index in [1.807, 2.05) is 23.1 Å². The smallest absolute Gasteiger partial charge is 0.227 e. The zero-order chi connectivity index (χ0) is 28.1. The molecule has 3 aliphatic rings. The van der Waals surface area contributed by atoms with Gasteiger partial charge in [-0.05, 0) is 62.1 Å². The zero-order valence-corrected chi connectivity index (χ0v) is 24.3. The standard InChI is InChI=1S/C34H43N3O3/c1-5-36(6-2)34(38)29-23-37-20-19-28(29)32(35-22-26-21-27(39-3)17-18-30(26)40-4)33(37)31(24-13-9-7-10-14-24)25-15-11-8-12-16-25/h7-18,21,28-29,31-33,35H,5-6,19-20,22-23H2,1-4H3/t28-,29-,32+,33+/m0/s1. The number of hydrogen-bond donors (Lipinski definition) is 1. The highest BCUT2D eigenvalue weighted by atomic mass is 16.5. The van der Waals surface area contributed by atoms with Crippen molar-refractivity contribution in [1.29, 1.82) is 0 Å². The van der Waals surface area contributed by atoms with Crippen molar-refractivity contribution in [3.05, 3.63) is 95.6 Å². The third-order valence-corrected chi connectivity index (χ3v) is 9.02. The molecule has 40 heavy (non-hydrogen) atoms. The lowest BCUT2D eigenvalue weighted by Crippen LogP contribution is -2.69. The summed E-state index contributed by atoms with van der Waals surface area (Å²) in [7, 11) is 3.40. The van der Waals surface area contributed by atoms with Crippen LogP contribution in [0.4, 0.5) is 0 Å². The Morgan fingerprint density at radius 1 is 0.950 bits per heavy atom. The SMILES string of the molecule is CCN(CC)C(=O)[C@H]1CN2CC[C@@H]1[C@@H](NCc1cc(OC)ccc1OC)[C@H]2C(c1ccccc1)c1ccccc1. The van der Waals surface area contributed by atoms with Gasteiger partial charge in [0.25, 0.3) is 0 Å². The van der Waals surface area contributed by atoms with Gasteiger partial charge in [0.1, 0.15) is 11.5 Å². The van der Waals surface area contributed by atoms with Crippen LogP contribution in [0.25, 0.3) is 0 Å². The molecule has 3 fully saturated rings. The van der Waals surface area contributed by atoms with Crippen molar-refractivity contribution in [2.75, 3.05) is 40.4 Å². The van der Waals surface area contributed by atoms with Gasteiger partial charge in [0.2, 0.25) is 5.91 Å². The Labute approximate surface area is 239 Å². The first-order chi connectivity index (χ1) is 19.6. The van der Waals surface area contributed by atoms with E-state index < -0.39 is 0 Å². The van der Waals surface area contributed by atoms with Crippen LogP contribution >= 0.6 is 0 Å². The lowest BCUT2D eigenvalue weighted by atomic mass is 9.66. The van der Waals surface area contributed by atoms with Crippen molar-refractivity contribution in [2.45, 2.75) is 44.8 Å². The summed E-state index contributed by atoms with van der Waals surface area (Å²) in [4.78, 5) is 18.4. The molecule has 0 aromatic heterocycles. The van der Waals surface area contributed by atoms with Crippen molar-refractivity contribution in [2.24, 2.45) is 11.8 Å². The number of carbonyl (C=O) groups excluding carboxylic acids is 1. The van der Waals surface area contributed by atoms with Crippen molar-refractivity contribution in [3.63, 3.8) is 0 Å². The summed E-state index contributed by atoms with van der Waals surface area (Å²) in [5.41, 5.74) is 3.67. The molecule has 212 valence electrons. The lowest BCUT2D eigenvalue weighted by Gasteiger charge is -2.57. The molecule has 6 rings (SSSR count). The average Bonchev–Trinajstić information content (AvgIpc) is 3.02. The molecule has 3 aliphatic heterocycles. The first-order valence-corrected chi connectivity index (χ1v) is 14.7. The molecule has 0 saturated carbocycles. The quantitative estimate of drug-likeness (QED) is 0.363. The molecule has 2 bridgehead atoms. The van der Waals surface area contributed by atoms with Gasteiger partial charge in [0.15, 0.2) is 0 Å². The molecule has 0 spiro atoms. The number of amides is 1. The van der Waals surface area contributed by atoms with Gasteiger partial charge in [-0.15, -0.1) is 0 Å². The number of methoxy groups -OCH3 is 2. The van der Waals surface area contributed by atoms with E-state index in [9.17, 15) is 4.79 Å². The number of carbonyl (C=O) groups is 1. The van der Waals surface area contributed by atoms with E-state index >= 15 is 0 Å². The van der Waals surface area contributed by atoms with E-state index in [1.54, 1.807) is 14.2 Å². The molecular formula is C34H43N3O3. The van der Waals surface area contributed by atoms with Gasteiger partial charge < -0.3 is 19.7 Å². The van der Waals surface area contributed by atoms with Crippen LogP contribution in [-0.4, -0.2) is 68.2 Å². The summed E-state index contributed by atoms with van der Waals surface area (Å²) in [6, 6.07) is 28.0. The highest BCUT2D eigenvalue weighted by Crippen LogP contribution is 2.45. The number of piperidine rings is 3. The maximum absolute atomic E-state index is 13.8. The largest absolute Gasteiger partial charge is 0.497 e. The summed E-state index contributed by atoms with van der Waals surface area (Å²) in [6.45, 7) is 8.11. The van der Waals surface area contributed by atoms with E-state index in [1.165, 1.54) is 11.1 Å². The van der Waals surface area contributed by atoms with Crippen molar-refractivity contribution in [1.82, 2.24) is 15.1 Å². The number of ether oxygens (including phenoxy) is 2. The van der Waals surface area contributed by atoms with Crippen LogP contribution in [-0.2, 0) is 11.3 Å². The molecule has 1 N–H and O–H groups in total. The van der Waals surface area contributed by atoms with Gasteiger partial charge in [-0.2, -0.15) is 0 Å². The van der Waals surface area contributed by atoms with Crippen LogP contribution in [0.2, 0.25) is 0 Å². The Balaban J connectivity index is 1.55. The van der Waals surface area contributed by atoms with Crippen molar-refractivity contribution in [3.8, 4) is 11.5 Å². The fraction of sp³-hybridized carbons (Fsp3) is 0.441. The van der Waals surface area contributed by atoms with Crippen LogP contribution in [0.15, 0.2) is 78.9 Å². The second kappa shape index (κ2) is 12.9. The van der Waals surface area contributed by atoms with Crippen LogP contribution in [0.5, 0.6) is 11.5 Å². The van der Waals surface area contributed by atoms with Gasteiger partial charge in [0.05, 0.1) is 20.1 Å². The fourth-order valence-electron chi connectivity index (χ4n) is 7.05. The highest BCUT2D eigenvalue weighted by Gasteiger charge is 2.52. The first kappa shape index (κ1) is 28.2. The Morgan fingerprint density at radius 3 is 2.17 bits per heavy atom. The second-order valence-electron chi connectivity index (χ2n) is 10.9. The van der Waals surface area contributed by atoms with Crippen molar-refractivity contribution >= 4 is 5.91 Å². The third-order valence-electron chi connectivity index (χ3n) is 9.02. The summed E-state index contributed by atoms with van der Waals surface area (Å²) in [5, 5.41) is 3.98. The van der Waals surface area contributed by atoms with Crippen LogP contribution in [0.1, 0.15) is 42.9 Å². The predicted octanol–water partition coefficient (Wildman–Crippen LogP) is 5.18. The van der Waals surface area contributed by atoms with E-state index in [0.29, 0.717) is 12.5 Å². The topological polar surface area (TPSA) is 54.0 Å². The maximum atomic E-state index is 13.8. The molecule has 1 unspecified atom stereocenters. The number of rotatable bonds is 11. The van der Waals surface area contributed by atoms with Gasteiger partial charge in [-0.25, -0.2) is 0 Å². The Hall–Kier alpha value is -3.35. The van der Waals surface area contributed by atoms with E-state index in [-0.39, 0.29) is 29.8 Å². The van der Waals surface area contributed by atoms with Gasteiger partial charge in [-0.1, -0.05) is 60.7 Å². The predicted molar refractivity (Wildman–Crippen MR) is 160 cm³/mol.